The van der Waals surface area contributed by atoms with Gasteiger partial charge < -0.3 is 0 Å². The molecule has 2 heteroatoms. The first-order valence-electron chi connectivity index (χ1n) is 4.69. The van der Waals surface area contributed by atoms with Gasteiger partial charge in [0.05, 0.1) is 6.07 Å². The fourth-order valence-electron chi connectivity index (χ4n) is 1.90. The van der Waals surface area contributed by atoms with Gasteiger partial charge in [-0.3, -0.25) is 4.90 Å². The van der Waals surface area contributed by atoms with E-state index in [1.807, 2.05) is 14.1 Å². The van der Waals surface area contributed by atoms with Crippen molar-refractivity contribution >= 4 is 0 Å². The molecule has 0 N–H and O–H groups in total. The van der Waals surface area contributed by atoms with Crippen LogP contribution in [-0.4, -0.2) is 24.5 Å². The van der Waals surface area contributed by atoms with Crippen molar-refractivity contribution in [2.24, 2.45) is 5.92 Å². The molecule has 0 unspecified atom stereocenters. The lowest BCUT2D eigenvalue weighted by atomic mass is 9.77. The van der Waals surface area contributed by atoms with Crippen molar-refractivity contribution in [1.82, 2.24) is 4.90 Å². The van der Waals surface area contributed by atoms with Gasteiger partial charge in [-0.1, -0.05) is 6.92 Å². The van der Waals surface area contributed by atoms with E-state index in [1.54, 1.807) is 0 Å². The van der Waals surface area contributed by atoms with Gasteiger partial charge in [-0.15, -0.1) is 0 Å². The lowest BCUT2D eigenvalue weighted by Crippen LogP contribution is -2.45. The van der Waals surface area contributed by atoms with Crippen LogP contribution in [0.2, 0.25) is 0 Å². The molecule has 1 saturated carbocycles. The summed E-state index contributed by atoms with van der Waals surface area (Å²) < 4.78 is 0. The maximum absolute atomic E-state index is 9.11. The molecule has 0 heterocycles. The average molecular weight is 166 g/mol. The second-order valence-electron chi connectivity index (χ2n) is 4.22. The van der Waals surface area contributed by atoms with Crippen LogP contribution in [0.25, 0.3) is 0 Å². The SMILES string of the molecule is CC1CCC(C#N)(N(C)C)CC1. The molecular weight excluding hydrogens is 148 g/mol. The summed E-state index contributed by atoms with van der Waals surface area (Å²) in [5, 5.41) is 9.11. The number of nitriles is 1. The zero-order valence-electron chi connectivity index (χ0n) is 8.30. The molecule has 0 saturated heterocycles. The van der Waals surface area contributed by atoms with E-state index in [0.29, 0.717) is 0 Å². The minimum absolute atomic E-state index is 0.160. The zero-order chi connectivity index (χ0) is 9.19. The second kappa shape index (κ2) is 3.45. The molecule has 1 fully saturated rings. The van der Waals surface area contributed by atoms with Gasteiger partial charge in [0.1, 0.15) is 5.54 Å². The first-order chi connectivity index (χ1) is 5.60. The van der Waals surface area contributed by atoms with E-state index < -0.39 is 0 Å². The van der Waals surface area contributed by atoms with E-state index in [1.165, 1.54) is 12.8 Å². The molecule has 1 aliphatic carbocycles. The highest BCUT2D eigenvalue weighted by Crippen LogP contribution is 2.34. The molecule has 0 aromatic carbocycles. The van der Waals surface area contributed by atoms with Crippen molar-refractivity contribution in [2.75, 3.05) is 14.1 Å². The number of nitrogens with zero attached hydrogens (tertiary/aromatic N) is 2. The predicted octanol–water partition coefficient (Wildman–Crippen LogP) is 2.02. The molecule has 0 aliphatic heterocycles. The molecule has 68 valence electrons. The Kier molecular flexibility index (Phi) is 2.74. The van der Waals surface area contributed by atoms with Gasteiger partial charge >= 0.3 is 0 Å². The summed E-state index contributed by atoms with van der Waals surface area (Å²) in [5.74, 6) is 0.812. The van der Waals surface area contributed by atoms with Crippen LogP contribution in [0.3, 0.4) is 0 Å². The Balaban J connectivity index is 2.65. The van der Waals surface area contributed by atoms with E-state index in [9.17, 15) is 0 Å². The highest BCUT2D eigenvalue weighted by atomic mass is 15.1. The Labute approximate surface area is 75.2 Å². The summed E-state index contributed by atoms with van der Waals surface area (Å²) in [7, 11) is 4.03. The Morgan fingerprint density at radius 3 is 2.17 bits per heavy atom. The van der Waals surface area contributed by atoms with Crippen molar-refractivity contribution in [3.63, 3.8) is 0 Å². The Hall–Kier alpha value is -0.550. The number of rotatable bonds is 1. The summed E-state index contributed by atoms with van der Waals surface area (Å²) in [5.41, 5.74) is -0.160. The van der Waals surface area contributed by atoms with Crippen LogP contribution >= 0.6 is 0 Å². The molecular formula is C10H18N2. The molecule has 1 rings (SSSR count). The van der Waals surface area contributed by atoms with Gasteiger partial charge in [0.2, 0.25) is 0 Å². The predicted molar refractivity (Wildman–Crippen MR) is 49.7 cm³/mol. The van der Waals surface area contributed by atoms with E-state index in [4.69, 9.17) is 5.26 Å². The van der Waals surface area contributed by atoms with Gasteiger partial charge in [0.25, 0.3) is 0 Å². The second-order valence-corrected chi connectivity index (χ2v) is 4.22. The van der Waals surface area contributed by atoms with Crippen LogP contribution in [0.5, 0.6) is 0 Å². The van der Waals surface area contributed by atoms with E-state index >= 15 is 0 Å². The first kappa shape index (κ1) is 9.54. The zero-order valence-corrected chi connectivity index (χ0v) is 8.30. The lowest BCUT2D eigenvalue weighted by molar-refractivity contribution is 0.136. The third kappa shape index (κ3) is 1.61. The van der Waals surface area contributed by atoms with Crippen LogP contribution in [0, 0.1) is 17.2 Å². The van der Waals surface area contributed by atoms with Crippen LogP contribution in [0.1, 0.15) is 32.6 Å². The molecule has 0 radical (unpaired) electrons. The van der Waals surface area contributed by atoms with Gasteiger partial charge in [0, 0.05) is 0 Å². The Morgan fingerprint density at radius 2 is 1.83 bits per heavy atom. The molecule has 0 spiro atoms. The number of hydrogen-bond acceptors (Lipinski definition) is 2. The fourth-order valence-corrected chi connectivity index (χ4v) is 1.90. The monoisotopic (exact) mass is 166 g/mol. The molecule has 0 aromatic heterocycles. The molecule has 0 atom stereocenters. The summed E-state index contributed by atoms with van der Waals surface area (Å²) >= 11 is 0. The standard InChI is InChI=1S/C10H18N2/c1-9-4-6-10(8-11,7-5-9)12(2)3/h9H,4-7H2,1-3H3. The highest BCUT2D eigenvalue weighted by molar-refractivity contribution is 5.08. The highest BCUT2D eigenvalue weighted by Gasteiger charge is 2.35. The van der Waals surface area contributed by atoms with Crippen molar-refractivity contribution in [3.05, 3.63) is 0 Å². The van der Waals surface area contributed by atoms with E-state index in [-0.39, 0.29) is 5.54 Å². The van der Waals surface area contributed by atoms with Crippen LogP contribution in [0.4, 0.5) is 0 Å². The molecule has 0 bridgehead atoms. The summed E-state index contributed by atoms with van der Waals surface area (Å²) in [4.78, 5) is 2.08. The summed E-state index contributed by atoms with van der Waals surface area (Å²) in [6.45, 7) is 2.27. The lowest BCUT2D eigenvalue weighted by Gasteiger charge is -2.38. The quantitative estimate of drug-likeness (QED) is 0.596. The maximum atomic E-state index is 9.11. The third-order valence-corrected chi connectivity index (χ3v) is 3.17. The minimum atomic E-state index is -0.160. The molecule has 12 heavy (non-hydrogen) atoms. The average Bonchev–Trinajstić information content (AvgIpc) is 2.06. The smallest absolute Gasteiger partial charge is 0.108 e. The molecule has 0 amide bonds. The first-order valence-corrected chi connectivity index (χ1v) is 4.69. The van der Waals surface area contributed by atoms with Crippen LogP contribution in [0.15, 0.2) is 0 Å². The summed E-state index contributed by atoms with van der Waals surface area (Å²) in [6, 6.07) is 2.46. The van der Waals surface area contributed by atoms with Gasteiger partial charge in [-0.25, -0.2) is 0 Å². The topological polar surface area (TPSA) is 27.0 Å². The minimum Gasteiger partial charge on any atom is -0.292 e. The molecule has 2 nitrogen and oxygen atoms in total. The van der Waals surface area contributed by atoms with Crippen molar-refractivity contribution in [3.8, 4) is 6.07 Å². The van der Waals surface area contributed by atoms with E-state index in [0.717, 1.165) is 18.8 Å². The van der Waals surface area contributed by atoms with Crippen LogP contribution < -0.4 is 0 Å². The largest absolute Gasteiger partial charge is 0.292 e. The van der Waals surface area contributed by atoms with Gasteiger partial charge in [-0.2, -0.15) is 5.26 Å². The maximum Gasteiger partial charge on any atom is 0.108 e. The van der Waals surface area contributed by atoms with E-state index in [2.05, 4.69) is 17.9 Å². The Morgan fingerprint density at radius 1 is 1.33 bits per heavy atom. The van der Waals surface area contributed by atoms with Crippen LogP contribution in [-0.2, 0) is 0 Å². The van der Waals surface area contributed by atoms with Crippen molar-refractivity contribution in [2.45, 2.75) is 38.1 Å². The van der Waals surface area contributed by atoms with Crippen molar-refractivity contribution < 1.29 is 0 Å². The number of hydrogen-bond donors (Lipinski definition) is 0. The van der Waals surface area contributed by atoms with Crippen molar-refractivity contribution in [1.29, 1.82) is 5.26 Å². The normalized spacial score (nSPS) is 36.4. The Bertz CT molecular complexity index is 183. The third-order valence-electron chi connectivity index (χ3n) is 3.17. The molecule has 0 aromatic rings. The van der Waals surface area contributed by atoms with Gasteiger partial charge in [0.15, 0.2) is 0 Å². The summed E-state index contributed by atoms with van der Waals surface area (Å²) in [6.07, 6.45) is 4.48. The molecule has 1 aliphatic rings. The fraction of sp³-hybridized carbons (Fsp3) is 0.900. The van der Waals surface area contributed by atoms with Gasteiger partial charge in [-0.05, 0) is 45.7 Å².